The molecule has 0 spiro atoms. The van der Waals surface area contributed by atoms with Crippen molar-refractivity contribution in [1.82, 2.24) is 4.57 Å². The van der Waals surface area contributed by atoms with Gasteiger partial charge in [-0.15, -0.1) is 0 Å². The molecule has 0 radical (unpaired) electrons. The largest absolute Gasteiger partial charge is 0.507 e. The third-order valence-electron chi connectivity index (χ3n) is 5.34. The molecule has 5 aromatic rings. The molecular weight excluding hydrogens is 481 g/mol. The van der Waals surface area contributed by atoms with Gasteiger partial charge in [-0.1, -0.05) is 47.6 Å². The molecule has 34 heavy (non-hydrogen) atoms. The van der Waals surface area contributed by atoms with Crippen molar-refractivity contribution >= 4 is 45.2 Å². The zero-order valence-corrected chi connectivity index (χ0v) is 18.9. The predicted octanol–water partition coefficient (Wildman–Crippen LogP) is 5.51. The Balaban J connectivity index is 1.80. The highest BCUT2D eigenvalue weighted by atomic mass is 35.5. The molecule has 0 amide bonds. The maximum absolute atomic E-state index is 13.6. The van der Waals surface area contributed by atoms with Gasteiger partial charge >= 0.3 is 5.63 Å². The van der Waals surface area contributed by atoms with Gasteiger partial charge in [-0.25, -0.2) is 9.18 Å². The van der Waals surface area contributed by atoms with Crippen molar-refractivity contribution in [1.29, 1.82) is 0 Å². The van der Waals surface area contributed by atoms with Crippen LogP contribution in [0.2, 0.25) is 5.02 Å². The predicted molar refractivity (Wildman–Crippen MR) is 129 cm³/mol. The van der Waals surface area contributed by atoms with Crippen LogP contribution >= 0.6 is 23.4 Å². The summed E-state index contributed by atoms with van der Waals surface area (Å²) in [4.78, 5) is 26.5. The molecule has 0 saturated carbocycles. The number of aromatic nitrogens is 1. The first kappa shape index (κ1) is 22.1. The Labute approximate surface area is 200 Å². The van der Waals surface area contributed by atoms with Crippen LogP contribution in [-0.4, -0.2) is 14.8 Å². The molecule has 0 aliphatic heterocycles. The molecule has 170 valence electrons. The van der Waals surface area contributed by atoms with Gasteiger partial charge in [0.15, 0.2) is 11.3 Å². The zero-order valence-electron chi connectivity index (χ0n) is 17.3. The molecule has 2 N–H and O–H groups in total. The summed E-state index contributed by atoms with van der Waals surface area (Å²) in [6, 6.07) is 16.7. The number of phenols is 1. The number of phenolic OH excluding ortho intramolecular Hbond substituents is 1. The van der Waals surface area contributed by atoms with Crippen LogP contribution in [0.15, 0.2) is 90.5 Å². The lowest BCUT2D eigenvalue weighted by atomic mass is 10.1. The summed E-state index contributed by atoms with van der Waals surface area (Å²) >= 11 is 6.97. The fourth-order valence-electron chi connectivity index (χ4n) is 3.73. The average Bonchev–Trinajstić information content (AvgIpc) is 2.81. The Kier molecular flexibility index (Phi) is 5.55. The van der Waals surface area contributed by atoms with E-state index in [1.165, 1.54) is 22.8 Å². The smallest absolute Gasteiger partial charge is 0.354 e. The number of rotatable bonds is 4. The van der Waals surface area contributed by atoms with Gasteiger partial charge in [0.2, 0.25) is 0 Å². The number of fused-ring (bicyclic) bond motifs is 3. The average molecular weight is 496 g/mol. The van der Waals surface area contributed by atoms with Gasteiger partial charge in [-0.05, 0) is 48.0 Å². The Morgan fingerprint density at radius 3 is 2.47 bits per heavy atom. The van der Waals surface area contributed by atoms with Gasteiger partial charge in [-0.2, -0.15) is 0 Å². The van der Waals surface area contributed by atoms with Crippen LogP contribution in [0.4, 0.5) is 4.39 Å². The van der Waals surface area contributed by atoms with Gasteiger partial charge in [0.1, 0.15) is 21.8 Å². The Hall–Kier alpha value is -3.75. The third-order valence-corrected chi connectivity index (χ3v) is 6.71. The van der Waals surface area contributed by atoms with Gasteiger partial charge in [-0.3, -0.25) is 4.79 Å². The van der Waals surface area contributed by atoms with E-state index < -0.39 is 22.8 Å². The Morgan fingerprint density at radius 2 is 1.74 bits per heavy atom. The van der Waals surface area contributed by atoms with Crippen molar-refractivity contribution in [2.24, 2.45) is 0 Å². The summed E-state index contributed by atoms with van der Waals surface area (Å²) in [6.07, 6.45) is 0. The molecule has 0 unspecified atom stereocenters. The summed E-state index contributed by atoms with van der Waals surface area (Å²) < 4.78 is 20.3. The first-order chi connectivity index (χ1) is 16.3. The molecule has 0 atom stereocenters. The molecule has 2 aromatic heterocycles. The van der Waals surface area contributed by atoms with E-state index in [-0.39, 0.29) is 28.2 Å². The molecule has 0 bridgehead atoms. The monoisotopic (exact) mass is 495 g/mol. The minimum Gasteiger partial charge on any atom is -0.507 e. The van der Waals surface area contributed by atoms with Gasteiger partial charge in [0, 0.05) is 10.4 Å². The van der Waals surface area contributed by atoms with Gasteiger partial charge < -0.3 is 19.2 Å². The number of benzene rings is 3. The van der Waals surface area contributed by atoms with Crippen molar-refractivity contribution in [3.63, 3.8) is 0 Å². The summed E-state index contributed by atoms with van der Waals surface area (Å²) in [7, 11) is 0. The second kappa shape index (κ2) is 8.55. The van der Waals surface area contributed by atoms with E-state index >= 15 is 0 Å². The molecule has 0 fully saturated rings. The fourth-order valence-corrected chi connectivity index (χ4v) is 4.76. The lowest BCUT2D eigenvalue weighted by molar-refractivity contribution is 0.446. The van der Waals surface area contributed by atoms with Crippen molar-refractivity contribution in [3.05, 3.63) is 104 Å². The van der Waals surface area contributed by atoms with Crippen molar-refractivity contribution in [2.75, 3.05) is 0 Å². The first-order valence-corrected chi connectivity index (χ1v) is 11.2. The summed E-state index contributed by atoms with van der Waals surface area (Å²) in [5.74, 6) is -1.05. The minimum absolute atomic E-state index is 0.0619. The minimum atomic E-state index is -0.856. The second-order valence-electron chi connectivity index (χ2n) is 7.52. The number of nitrogens with zero attached hydrogens (tertiary/aromatic N) is 1. The van der Waals surface area contributed by atoms with Crippen molar-refractivity contribution in [3.8, 4) is 11.5 Å². The molecule has 3 aromatic carbocycles. The summed E-state index contributed by atoms with van der Waals surface area (Å²) in [5.41, 5.74) is -0.515. The Morgan fingerprint density at radius 1 is 1.00 bits per heavy atom. The maximum atomic E-state index is 13.6. The quantitative estimate of drug-likeness (QED) is 0.319. The van der Waals surface area contributed by atoms with E-state index in [9.17, 15) is 24.2 Å². The lowest BCUT2D eigenvalue weighted by Gasteiger charge is -2.14. The molecular formula is C25H15ClFNO5S. The lowest BCUT2D eigenvalue weighted by Crippen LogP contribution is -2.23. The van der Waals surface area contributed by atoms with E-state index in [2.05, 4.69) is 0 Å². The SMILES string of the molecule is O=c1oc2c(c(O)c1Sc1ccccc1O)c(=O)n(Cc1ccc(F)cc1)c1cc(Cl)ccc21. The molecule has 0 aliphatic rings. The molecule has 6 nitrogen and oxygen atoms in total. The number of para-hydroxylation sites is 1. The van der Waals surface area contributed by atoms with Crippen molar-refractivity contribution < 1.29 is 19.0 Å². The number of aromatic hydroxyl groups is 2. The van der Waals surface area contributed by atoms with Gasteiger partial charge in [0.25, 0.3) is 5.56 Å². The number of hydrogen-bond donors (Lipinski definition) is 2. The highest BCUT2D eigenvalue weighted by Crippen LogP contribution is 2.40. The van der Waals surface area contributed by atoms with Crippen molar-refractivity contribution in [2.45, 2.75) is 16.3 Å². The maximum Gasteiger partial charge on any atom is 0.354 e. The van der Waals surface area contributed by atoms with Crippen LogP contribution in [-0.2, 0) is 6.54 Å². The van der Waals surface area contributed by atoms with E-state index in [4.69, 9.17) is 16.0 Å². The number of halogens is 2. The van der Waals surface area contributed by atoms with Crippen LogP contribution in [0.1, 0.15) is 5.56 Å². The highest BCUT2D eigenvalue weighted by Gasteiger charge is 2.23. The van der Waals surface area contributed by atoms with E-state index in [0.717, 1.165) is 11.8 Å². The summed E-state index contributed by atoms with van der Waals surface area (Å²) in [6.45, 7) is 0.0619. The normalized spacial score (nSPS) is 11.4. The molecule has 0 aliphatic carbocycles. The van der Waals surface area contributed by atoms with Crippen LogP contribution in [0.25, 0.3) is 21.9 Å². The standard InChI is InChI=1S/C25H15ClFNO5S/c26-14-7-10-16-17(11-14)28(12-13-5-8-15(27)9-6-13)24(31)20-21(30)23(25(32)33-22(16)20)34-19-4-2-1-3-18(19)29/h1-11,29-30H,12H2. The molecule has 5 rings (SSSR count). The fraction of sp³-hybridized carbons (Fsp3) is 0.0400. The second-order valence-corrected chi connectivity index (χ2v) is 9.01. The van der Waals surface area contributed by atoms with Crippen LogP contribution in [0.3, 0.4) is 0 Å². The number of hydrogen-bond acceptors (Lipinski definition) is 6. The van der Waals surface area contributed by atoms with Crippen LogP contribution in [0, 0.1) is 5.82 Å². The topological polar surface area (TPSA) is 92.7 Å². The van der Waals surface area contributed by atoms with Crippen LogP contribution < -0.4 is 11.2 Å². The highest BCUT2D eigenvalue weighted by molar-refractivity contribution is 7.99. The molecule has 2 heterocycles. The summed E-state index contributed by atoms with van der Waals surface area (Å²) in [5, 5.41) is 21.7. The van der Waals surface area contributed by atoms with E-state index in [1.807, 2.05) is 0 Å². The van der Waals surface area contributed by atoms with E-state index in [0.29, 0.717) is 26.4 Å². The zero-order chi connectivity index (χ0) is 24.0. The molecule has 9 heteroatoms. The third kappa shape index (κ3) is 3.81. The van der Waals surface area contributed by atoms with E-state index in [1.54, 1.807) is 48.5 Å². The van der Waals surface area contributed by atoms with Crippen LogP contribution in [0.5, 0.6) is 11.5 Å². The Bertz CT molecular complexity index is 1700. The molecule has 0 saturated heterocycles. The van der Waals surface area contributed by atoms with Gasteiger partial charge in [0.05, 0.1) is 17.0 Å². The first-order valence-electron chi connectivity index (χ1n) is 10.1. The number of pyridine rings is 1.